The Morgan fingerprint density at radius 2 is 2.19 bits per heavy atom. The molecule has 1 aliphatic heterocycles. The largest absolute Gasteiger partial charge is 0.462 e. The molecule has 1 saturated heterocycles. The Labute approximate surface area is 94.6 Å². The van der Waals surface area contributed by atoms with Gasteiger partial charge in [-0.05, 0) is 26.7 Å². The second-order valence-corrected chi connectivity index (χ2v) is 4.69. The number of carbonyl (C=O) groups excluding carboxylic acids is 2. The lowest BCUT2D eigenvalue weighted by Crippen LogP contribution is -2.19. The number of rotatable bonds is 2. The van der Waals surface area contributed by atoms with Gasteiger partial charge in [0.1, 0.15) is 12.2 Å². The predicted octanol–water partition coefficient (Wildman–Crippen LogP) is 1.45. The van der Waals surface area contributed by atoms with Crippen LogP contribution in [0.3, 0.4) is 0 Å². The maximum Gasteiger partial charge on any atom is 0.333 e. The highest BCUT2D eigenvalue weighted by Crippen LogP contribution is 2.42. The molecule has 0 bridgehead atoms. The Balaban J connectivity index is 1.96. The lowest BCUT2D eigenvalue weighted by molar-refractivity contribution is -0.149. The highest BCUT2D eigenvalue weighted by molar-refractivity contribution is 5.87. The van der Waals surface area contributed by atoms with E-state index in [2.05, 4.69) is 6.58 Å². The minimum absolute atomic E-state index is 0.0500. The first kappa shape index (κ1) is 11.2. The van der Waals surface area contributed by atoms with E-state index in [0.29, 0.717) is 12.0 Å². The molecule has 2 fully saturated rings. The van der Waals surface area contributed by atoms with Gasteiger partial charge in [0.25, 0.3) is 0 Å². The standard InChI is InChI=1S/C12H16O4/c1-6(2)11(13)16-8-4-9-7(3)15-12(14)10(9)5-8/h7-10H,1,4-5H2,2-3H3. The van der Waals surface area contributed by atoms with E-state index in [1.807, 2.05) is 6.92 Å². The van der Waals surface area contributed by atoms with E-state index in [4.69, 9.17) is 9.47 Å². The SMILES string of the molecule is C=C(C)C(=O)OC1CC2C(=O)OC(C)C2C1. The van der Waals surface area contributed by atoms with Crippen molar-refractivity contribution >= 4 is 11.9 Å². The summed E-state index contributed by atoms with van der Waals surface area (Å²) in [6.45, 7) is 7.05. The van der Waals surface area contributed by atoms with Crippen LogP contribution in [-0.2, 0) is 19.1 Å². The number of hydrogen-bond donors (Lipinski definition) is 0. The molecule has 1 heterocycles. The molecule has 88 valence electrons. The Bertz CT molecular complexity index is 347. The fourth-order valence-electron chi connectivity index (χ4n) is 2.52. The van der Waals surface area contributed by atoms with Gasteiger partial charge < -0.3 is 9.47 Å². The van der Waals surface area contributed by atoms with Crippen molar-refractivity contribution in [1.29, 1.82) is 0 Å². The molecule has 4 unspecified atom stereocenters. The van der Waals surface area contributed by atoms with Crippen molar-refractivity contribution in [2.75, 3.05) is 0 Å². The lowest BCUT2D eigenvalue weighted by atomic mass is 9.95. The second-order valence-electron chi connectivity index (χ2n) is 4.69. The quantitative estimate of drug-likeness (QED) is 0.526. The van der Waals surface area contributed by atoms with Crippen LogP contribution in [0.5, 0.6) is 0 Å². The first-order valence-electron chi connectivity index (χ1n) is 5.56. The van der Waals surface area contributed by atoms with Gasteiger partial charge in [-0.2, -0.15) is 0 Å². The topological polar surface area (TPSA) is 52.6 Å². The highest BCUT2D eigenvalue weighted by Gasteiger charge is 2.49. The molecular formula is C12H16O4. The van der Waals surface area contributed by atoms with Gasteiger partial charge >= 0.3 is 11.9 Å². The van der Waals surface area contributed by atoms with Gasteiger partial charge in [-0.15, -0.1) is 0 Å². The molecule has 0 aromatic rings. The van der Waals surface area contributed by atoms with Crippen molar-refractivity contribution in [1.82, 2.24) is 0 Å². The van der Waals surface area contributed by atoms with Gasteiger partial charge in [0, 0.05) is 11.5 Å². The Kier molecular flexibility index (Phi) is 2.74. The summed E-state index contributed by atoms with van der Waals surface area (Å²) in [5.41, 5.74) is 0.396. The molecule has 4 atom stereocenters. The molecular weight excluding hydrogens is 208 g/mol. The van der Waals surface area contributed by atoms with Crippen molar-refractivity contribution < 1.29 is 19.1 Å². The highest BCUT2D eigenvalue weighted by atomic mass is 16.6. The van der Waals surface area contributed by atoms with Crippen LogP contribution in [0.2, 0.25) is 0 Å². The van der Waals surface area contributed by atoms with Gasteiger partial charge in [0.2, 0.25) is 0 Å². The smallest absolute Gasteiger partial charge is 0.333 e. The molecule has 0 amide bonds. The van der Waals surface area contributed by atoms with Crippen LogP contribution < -0.4 is 0 Å². The summed E-state index contributed by atoms with van der Waals surface area (Å²) in [7, 11) is 0. The molecule has 1 saturated carbocycles. The number of fused-ring (bicyclic) bond motifs is 1. The minimum atomic E-state index is -0.369. The first-order valence-corrected chi connectivity index (χ1v) is 5.56. The van der Waals surface area contributed by atoms with Gasteiger partial charge in [-0.25, -0.2) is 4.79 Å². The first-order chi connectivity index (χ1) is 7.49. The van der Waals surface area contributed by atoms with Crippen molar-refractivity contribution in [2.24, 2.45) is 11.8 Å². The molecule has 2 rings (SSSR count). The molecule has 0 aromatic heterocycles. The summed E-state index contributed by atoms with van der Waals surface area (Å²) >= 11 is 0. The average molecular weight is 224 g/mol. The Morgan fingerprint density at radius 1 is 1.50 bits per heavy atom. The summed E-state index contributed by atoms with van der Waals surface area (Å²) in [4.78, 5) is 22.8. The maximum absolute atomic E-state index is 11.5. The van der Waals surface area contributed by atoms with Crippen molar-refractivity contribution in [3.8, 4) is 0 Å². The Hall–Kier alpha value is -1.32. The fraction of sp³-hybridized carbons (Fsp3) is 0.667. The zero-order valence-corrected chi connectivity index (χ0v) is 9.56. The van der Waals surface area contributed by atoms with Crippen molar-refractivity contribution in [2.45, 2.75) is 38.9 Å². The summed E-state index contributed by atoms with van der Waals surface area (Å²) < 4.78 is 10.4. The number of cyclic esters (lactones) is 1. The van der Waals surface area contributed by atoms with Crippen LogP contribution >= 0.6 is 0 Å². The van der Waals surface area contributed by atoms with Gasteiger partial charge in [-0.3, -0.25) is 4.79 Å². The number of ether oxygens (including phenoxy) is 2. The molecule has 0 spiro atoms. The van der Waals surface area contributed by atoms with E-state index in [0.717, 1.165) is 6.42 Å². The van der Waals surface area contributed by atoms with Crippen LogP contribution in [0.25, 0.3) is 0 Å². The zero-order valence-electron chi connectivity index (χ0n) is 9.56. The van der Waals surface area contributed by atoms with E-state index in [1.165, 1.54) is 0 Å². The molecule has 2 aliphatic rings. The summed E-state index contributed by atoms with van der Waals surface area (Å²) in [5, 5.41) is 0. The van der Waals surface area contributed by atoms with Crippen molar-refractivity contribution in [3.63, 3.8) is 0 Å². The van der Waals surface area contributed by atoms with E-state index in [-0.39, 0.29) is 36.0 Å². The average Bonchev–Trinajstić information content (AvgIpc) is 2.70. The van der Waals surface area contributed by atoms with Crippen molar-refractivity contribution in [3.05, 3.63) is 12.2 Å². The molecule has 4 heteroatoms. The number of hydrogen-bond acceptors (Lipinski definition) is 4. The molecule has 0 aromatic carbocycles. The van der Waals surface area contributed by atoms with E-state index < -0.39 is 0 Å². The molecule has 16 heavy (non-hydrogen) atoms. The van der Waals surface area contributed by atoms with Gasteiger partial charge in [0.05, 0.1) is 5.92 Å². The lowest BCUT2D eigenvalue weighted by Gasteiger charge is -2.14. The molecule has 0 N–H and O–H groups in total. The third-order valence-electron chi connectivity index (χ3n) is 3.40. The molecule has 4 nitrogen and oxygen atoms in total. The van der Waals surface area contributed by atoms with Crippen LogP contribution in [0.15, 0.2) is 12.2 Å². The van der Waals surface area contributed by atoms with E-state index in [9.17, 15) is 9.59 Å². The van der Waals surface area contributed by atoms with Crippen LogP contribution in [0.4, 0.5) is 0 Å². The van der Waals surface area contributed by atoms with Gasteiger partial charge in [0.15, 0.2) is 0 Å². The predicted molar refractivity (Wildman–Crippen MR) is 56.5 cm³/mol. The monoisotopic (exact) mass is 224 g/mol. The number of esters is 2. The Morgan fingerprint density at radius 3 is 2.75 bits per heavy atom. The van der Waals surface area contributed by atoms with E-state index in [1.54, 1.807) is 6.92 Å². The maximum atomic E-state index is 11.5. The van der Waals surface area contributed by atoms with Crippen LogP contribution in [-0.4, -0.2) is 24.1 Å². The van der Waals surface area contributed by atoms with Crippen LogP contribution in [0.1, 0.15) is 26.7 Å². The minimum Gasteiger partial charge on any atom is -0.462 e. The number of carbonyl (C=O) groups is 2. The fourth-order valence-corrected chi connectivity index (χ4v) is 2.52. The zero-order chi connectivity index (χ0) is 11.9. The molecule has 1 aliphatic carbocycles. The summed E-state index contributed by atoms with van der Waals surface area (Å²) in [5.74, 6) is -0.397. The van der Waals surface area contributed by atoms with Crippen LogP contribution in [0, 0.1) is 11.8 Å². The summed E-state index contributed by atoms with van der Waals surface area (Å²) in [6.07, 6.45) is 1.10. The van der Waals surface area contributed by atoms with E-state index >= 15 is 0 Å². The third-order valence-corrected chi connectivity index (χ3v) is 3.40. The summed E-state index contributed by atoms with van der Waals surface area (Å²) in [6, 6.07) is 0. The molecule has 0 radical (unpaired) electrons. The second kappa shape index (κ2) is 3.92. The third kappa shape index (κ3) is 1.84. The van der Waals surface area contributed by atoms with Gasteiger partial charge in [-0.1, -0.05) is 6.58 Å². The normalized spacial score (nSPS) is 36.8.